The summed E-state index contributed by atoms with van der Waals surface area (Å²) in [5.74, 6) is 0.341. The van der Waals surface area contributed by atoms with Gasteiger partial charge in [-0.15, -0.1) is 35.3 Å². The molecule has 1 fully saturated rings. The van der Waals surface area contributed by atoms with Gasteiger partial charge in [0.2, 0.25) is 10.0 Å². The minimum Gasteiger partial charge on any atom is -0.379 e. The molecule has 0 atom stereocenters. The van der Waals surface area contributed by atoms with Crippen molar-refractivity contribution in [2.75, 3.05) is 52.5 Å². The number of hydrogen-bond acceptors (Lipinski definition) is 6. The first-order valence-electron chi connectivity index (χ1n) is 8.37. The van der Waals surface area contributed by atoms with E-state index in [9.17, 15) is 8.42 Å². The molecular weight excluding hydrogens is 489 g/mol. The highest BCUT2D eigenvalue weighted by molar-refractivity contribution is 14.0. The first-order chi connectivity index (χ1) is 12.0. The van der Waals surface area contributed by atoms with Gasteiger partial charge in [0.15, 0.2) is 5.96 Å². The van der Waals surface area contributed by atoms with Crippen molar-refractivity contribution in [2.45, 2.75) is 17.6 Å². The third-order valence-corrected chi connectivity index (χ3v) is 6.68. The van der Waals surface area contributed by atoms with Crippen LogP contribution in [0.1, 0.15) is 11.3 Å². The molecule has 0 spiro atoms. The number of morpholine rings is 1. The van der Waals surface area contributed by atoms with Gasteiger partial charge in [-0.05, 0) is 25.5 Å². The summed E-state index contributed by atoms with van der Waals surface area (Å²) in [4.78, 5) is 7.57. The van der Waals surface area contributed by atoms with Gasteiger partial charge in [-0.25, -0.2) is 13.1 Å². The molecule has 0 aliphatic carbocycles. The average Bonchev–Trinajstić information content (AvgIpc) is 3.04. The van der Waals surface area contributed by atoms with Crippen LogP contribution in [0, 0.1) is 6.92 Å². The molecule has 8 nitrogen and oxygen atoms in total. The first kappa shape index (κ1) is 23.6. The van der Waals surface area contributed by atoms with E-state index in [2.05, 4.69) is 19.9 Å². The third kappa shape index (κ3) is 8.48. The van der Waals surface area contributed by atoms with Crippen LogP contribution in [0.2, 0.25) is 0 Å². The number of nitrogens with two attached hydrogens (primary N) is 1. The van der Waals surface area contributed by atoms with Crippen molar-refractivity contribution < 1.29 is 13.2 Å². The number of ether oxygens (including phenoxy) is 1. The van der Waals surface area contributed by atoms with Crippen molar-refractivity contribution in [3.05, 3.63) is 17.0 Å². The van der Waals surface area contributed by atoms with Crippen LogP contribution in [0.15, 0.2) is 21.3 Å². The Hall–Kier alpha value is -0.470. The molecule has 1 aromatic rings. The van der Waals surface area contributed by atoms with Gasteiger partial charge in [0.1, 0.15) is 4.21 Å². The molecule has 11 heteroatoms. The highest BCUT2D eigenvalue weighted by atomic mass is 127. The monoisotopic (exact) mass is 517 g/mol. The van der Waals surface area contributed by atoms with Crippen LogP contribution >= 0.6 is 35.3 Å². The lowest BCUT2D eigenvalue weighted by molar-refractivity contribution is 0.0377. The Kier molecular flexibility index (Phi) is 11.0. The van der Waals surface area contributed by atoms with E-state index in [1.807, 2.05) is 6.92 Å². The number of thiophene rings is 1. The molecule has 1 aromatic heterocycles. The normalized spacial score (nSPS) is 16.3. The van der Waals surface area contributed by atoms with E-state index >= 15 is 0 Å². The molecular formula is C15H28IN5O3S2. The van der Waals surface area contributed by atoms with Crippen molar-refractivity contribution >= 4 is 51.3 Å². The molecule has 0 radical (unpaired) electrons. The molecule has 2 rings (SSSR count). The van der Waals surface area contributed by atoms with Crippen LogP contribution in [0.4, 0.5) is 0 Å². The van der Waals surface area contributed by atoms with Gasteiger partial charge in [0.25, 0.3) is 0 Å². The van der Waals surface area contributed by atoms with Crippen LogP contribution in [0.5, 0.6) is 0 Å². The number of nitrogens with zero attached hydrogens (tertiary/aromatic N) is 2. The molecule has 1 aliphatic heterocycles. The standard InChI is InChI=1S/C15H27N5O3S2.HI/c1-13-3-4-14(24-13)25(21,22)19-7-6-18-15(16)17-5-2-8-20-9-11-23-12-10-20;/h3-4,19H,2,5-12H2,1H3,(H3,16,17,18);1H. The van der Waals surface area contributed by atoms with E-state index in [0.717, 1.165) is 44.1 Å². The lowest BCUT2D eigenvalue weighted by atomic mass is 10.3. The summed E-state index contributed by atoms with van der Waals surface area (Å²) in [6.45, 7) is 7.70. The van der Waals surface area contributed by atoms with Gasteiger partial charge < -0.3 is 15.8 Å². The van der Waals surface area contributed by atoms with E-state index < -0.39 is 10.0 Å². The van der Waals surface area contributed by atoms with Gasteiger partial charge in [-0.1, -0.05) is 0 Å². The van der Waals surface area contributed by atoms with Crippen LogP contribution in [0.3, 0.4) is 0 Å². The summed E-state index contributed by atoms with van der Waals surface area (Å²) in [6, 6.07) is 3.40. The topological polar surface area (TPSA) is 109 Å². The Morgan fingerprint density at radius 3 is 2.73 bits per heavy atom. The molecule has 0 bridgehead atoms. The van der Waals surface area contributed by atoms with E-state index in [1.54, 1.807) is 12.1 Å². The number of aliphatic imine (C=N–C) groups is 1. The Labute approximate surface area is 176 Å². The Bertz CT molecular complexity index is 660. The minimum atomic E-state index is -3.44. The summed E-state index contributed by atoms with van der Waals surface area (Å²) in [5.41, 5.74) is 5.79. The fourth-order valence-corrected chi connectivity index (χ4v) is 4.74. The zero-order valence-corrected chi connectivity index (χ0v) is 18.9. The summed E-state index contributed by atoms with van der Waals surface area (Å²) < 4.78 is 32.3. The van der Waals surface area contributed by atoms with E-state index in [1.165, 1.54) is 11.3 Å². The second-order valence-corrected chi connectivity index (χ2v) is 9.05. The SMILES string of the molecule is Cc1ccc(S(=O)(=O)NCCNC(N)=NCCCN2CCOCC2)s1.I. The summed E-state index contributed by atoms with van der Waals surface area (Å²) in [5, 5.41) is 2.92. The quantitative estimate of drug-likeness (QED) is 0.192. The maximum Gasteiger partial charge on any atom is 0.250 e. The van der Waals surface area contributed by atoms with Crippen LogP contribution in [-0.2, 0) is 14.8 Å². The molecule has 1 aliphatic rings. The van der Waals surface area contributed by atoms with Crippen molar-refractivity contribution in [1.29, 1.82) is 0 Å². The van der Waals surface area contributed by atoms with Crippen molar-refractivity contribution in [1.82, 2.24) is 14.9 Å². The number of nitrogens with one attached hydrogen (secondary N) is 2. The van der Waals surface area contributed by atoms with Crippen molar-refractivity contribution in [3.8, 4) is 0 Å². The average molecular weight is 517 g/mol. The maximum absolute atomic E-state index is 12.0. The number of hydrogen-bond donors (Lipinski definition) is 3. The number of aryl methyl sites for hydroxylation is 1. The number of halogens is 1. The highest BCUT2D eigenvalue weighted by Gasteiger charge is 2.15. The predicted molar refractivity (Wildman–Crippen MR) is 116 cm³/mol. The number of guanidine groups is 1. The van der Waals surface area contributed by atoms with Crippen LogP contribution in [-0.4, -0.2) is 71.8 Å². The van der Waals surface area contributed by atoms with Crippen molar-refractivity contribution in [3.63, 3.8) is 0 Å². The molecule has 26 heavy (non-hydrogen) atoms. The lowest BCUT2D eigenvalue weighted by Gasteiger charge is -2.26. The fourth-order valence-electron chi connectivity index (χ4n) is 2.38. The molecule has 0 unspecified atom stereocenters. The summed E-state index contributed by atoms with van der Waals surface area (Å²) in [7, 11) is -3.44. The zero-order valence-electron chi connectivity index (χ0n) is 14.9. The van der Waals surface area contributed by atoms with Gasteiger partial charge in [-0.2, -0.15) is 0 Å². The minimum absolute atomic E-state index is 0. The Morgan fingerprint density at radius 2 is 2.08 bits per heavy atom. The third-order valence-electron chi connectivity index (χ3n) is 3.72. The Balaban J connectivity index is 0.00000338. The molecule has 0 amide bonds. The molecule has 1 saturated heterocycles. The van der Waals surface area contributed by atoms with Gasteiger partial charge in [0.05, 0.1) is 13.2 Å². The number of rotatable bonds is 9. The lowest BCUT2D eigenvalue weighted by Crippen LogP contribution is -2.39. The van der Waals surface area contributed by atoms with E-state index in [0.29, 0.717) is 23.3 Å². The molecule has 150 valence electrons. The largest absolute Gasteiger partial charge is 0.379 e. The van der Waals surface area contributed by atoms with E-state index in [4.69, 9.17) is 10.5 Å². The smallest absolute Gasteiger partial charge is 0.250 e. The van der Waals surface area contributed by atoms with Gasteiger partial charge in [-0.3, -0.25) is 9.89 Å². The Morgan fingerprint density at radius 1 is 1.35 bits per heavy atom. The van der Waals surface area contributed by atoms with Crippen molar-refractivity contribution in [2.24, 2.45) is 10.7 Å². The molecule has 0 saturated carbocycles. The second-order valence-electron chi connectivity index (χ2n) is 5.76. The van der Waals surface area contributed by atoms with Crippen LogP contribution in [0.25, 0.3) is 0 Å². The highest BCUT2D eigenvalue weighted by Crippen LogP contribution is 2.19. The first-order valence-corrected chi connectivity index (χ1v) is 10.7. The molecule has 2 heterocycles. The predicted octanol–water partition coefficient (Wildman–Crippen LogP) is 0.579. The van der Waals surface area contributed by atoms with E-state index in [-0.39, 0.29) is 30.5 Å². The maximum atomic E-state index is 12.0. The summed E-state index contributed by atoms with van der Waals surface area (Å²) >= 11 is 1.25. The second kappa shape index (κ2) is 12.1. The van der Waals surface area contributed by atoms with Gasteiger partial charge >= 0.3 is 0 Å². The zero-order chi connectivity index (χ0) is 18.1. The molecule has 0 aromatic carbocycles. The van der Waals surface area contributed by atoms with Gasteiger partial charge in [0, 0.05) is 44.1 Å². The van der Waals surface area contributed by atoms with Crippen LogP contribution < -0.4 is 15.8 Å². The fraction of sp³-hybridized carbons (Fsp3) is 0.667. The molecule has 4 N–H and O–H groups in total. The number of sulfonamides is 1. The summed E-state index contributed by atoms with van der Waals surface area (Å²) in [6.07, 6.45) is 0.937.